The van der Waals surface area contributed by atoms with E-state index in [0.717, 1.165) is 41.9 Å². The molecule has 8 heteroatoms. The van der Waals surface area contributed by atoms with E-state index in [1.165, 1.54) is 30.1 Å². The Hall–Kier alpha value is -1.48. The van der Waals surface area contributed by atoms with Crippen molar-refractivity contribution in [3.05, 3.63) is 24.0 Å². The van der Waals surface area contributed by atoms with Gasteiger partial charge in [0.2, 0.25) is 10.0 Å². The van der Waals surface area contributed by atoms with E-state index in [4.69, 9.17) is 9.72 Å². The van der Waals surface area contributed by atoms with Crippen LogP contribution in [0.5, 0.6) is 0 Å². The zero-order valence-electron chi connectivity index (χ0n) is 16.4. The van der Waals surface area contributed by atoms with Crippen molar-refractivity contribution in [2.75, 3.05) is 32.8 Å². The molecule has 0 amide bonds. The fraction of sp³-hybridized carbons (Fsp3) is 0.650. The summed E-state index contributed by atoms with van der Waals surface area (Å²) in [4.78, 5) is 7.72. The van der Waals surface area contributed by atoms with Crippen molar-refractivity contribution >= 4 is 21.1 Å². The Morgan fingerprint density at radius 3 is 2.79 bits per heavy atom. The molecular weight excluding hydrogens is 376 g/mol. The molecule has 2 saturated heterocycles. The minimum Gasteiger partial charge on any atom is -0.379 e. The number of fused-ring (bicyclic) bond motifs is 2. The van der Waals surface area contributed by atoms with E-state index < -0.39 is 10.0 Å². The number of aromatic nitrogens is 2. The molecule has 3 aliphatic rings. The highest BCUT2D eigenvalue weighted by molar-refractivity contribution is 7.89. The molecular formula is C20H28N4O3S. The Morgan fingerprint density at radius 1 is 1.21 bits per heavy atom. The Kier molecular flexibility index (Phi) is 4.70. The van der Waals surface area contributed by atoms with E-state index in [1.807, 2.05) is 6.07 Å². The van der Waals surface area contributed by atoms with Gasteiger partial charge in [0.05, 0.1) is 35.7 Å². The number of hydrogen-bond donors (Lipinski definition) is 0. The lowest BCUT2D eigenvalue weighted by atomic mass is 9.92. The minimum absolute atomic E-state index is 0.328. The van der Waals surface area contributed by atoms with Gasteiger partial charge in [0, 0.05) is 32.2 Å². The minimum atomic E-state index is -3.50. The average molecular weight is 405 g/mol. The summed E-state index contributed by atoms with van der Waals surface area (Å²) in [5, 5.41) is 0. The molecule has 2 aromatic rings. The normalized spacial score (nSPS) is 26.5. The third-order valence-electron chi connectivity index (χ3n) is 6.62. The lowest BCUT2D eigenvalue weighted by Crippen LogP contribution is -2.52. The van der Waals surface area contributed by atoms with Gasteiger partial charge in [-0.1, -0.05) is 6.42 Å². The topological polar surface area (TPSA) is 67.7 Å². The fourth-order valence-corrected chi connectivity index (χ4v) is 6.53. The zero-order chi connectivity index (χ0) is 19.3. The van der Waals surface area contributed by atoms with Crippen molar-refractivity contribution in [1.82, 2.24) is 18.8 Å². The number of hydrogen-bond acceptors (Lipinski definition) is 5. The highest BCUT2D eigenvalue weighted by atomic mass is 32.2. The molecule has 0 radical (unpaired) electrons. The van der Waals surface area contributed by atoms with E-state index >= 15 is 0 Å². The largest absolute Gasteiger partial charge is 0.379 e. The van der Waals surface area contributed by atoms with Gasteiger partial charge in [-0.25, -0.2) is 13.4 Å². The maximum absolute atomic E-state index is 13.0. The van der Waals surface area contributed by atoms with E-state index in [-0.39, 0.29) is 0 Å². The second-order valence-electron chi connectivity index (χ2n) is 8.13. The average Bonchev–Trinajstić information content (AvgIpc) is 3.25. The number of benzene rings is 1. The number of aryl methyl sites for hydroxylation is 1. The van der Waals surface area contributed by atoms with Gasteiger partial charge in [-0.15, -0.1) is 0 Å². The lowest BCUT2D eigenvalue weighted by molar-refractivity contribution is 0.0273. The van der Waals surface area contributed by atoms with Gasteiger partial charge in [0.15, 0.2) is 0 Å². The molecule has 1 aliphatic carbocycles. The summed E-state index contributed by atoms with van der Waals surface area (Å²) in [5.41, 5.74) is 1.79. The van der Waals surface area contributed by atoms with Crippen molar-refractivity contribution in [3.8, 4) is 0 Å². The van der Waals surface area contributed by atoms with Gasteiger partial charge in [0.25, 0.3) is 0 Å². The van der Waals surface area contributed by atoms with Crippen LogP contribution >= 0.6 is 0 Å². The highest BCUT2D eigenvalue weighted by Crippen LogP contribution is 2.39. The number of nitrogens with zero attached hydrogens (tertiary/aromatic N) is 4. The van der Waals surface area contributed by atoms with Crippen molar-refractivity contribution in [2.45, 2.75) is 50.2 Å². The number of likely N-dealkylation sites (tertiary alicyclic amines) is 1. The molecule has 0 N–H and O–H groups in total. The maximum Gasteiger partial charge on any atom is 0.243 e. The quantitative estimate of drug-likeness (QED) is 0.763. The van der Waals surface area contributed by atoms with Crippen LogP contribution in [0.3, 0.4) is 0 Å². The second-order valence-corrected chi connectivity index (χ2v) is 10.1. The number of rotatable bonds is 5. The third-order valence-corrected chi connectivity index (χ3v) is 8.52. The van der Waals surface area contributed by atoms with E-state index in [2.05, 4.69) is 16.4 Å². The maximum atomic E-state index is 13.0. The molecule has 0 spiro atoms. The number of imidazole rings is 1. The third kappa shape index (κ3) is 2.98. The van der Waals surface area contributed by atoms with Crippen LogP contribution in [0.15, 0.2) is 23.1 Å². The molecule has 152 valence electrons. The molecule has 1 saturated carbocycles. The smallest absolute Gasteiger partial charge is 0.243 e. The first kappa shape index (κ1) is 18.5. The first-order valence-corrected chi connectivity index (χ1v) is 11.8. The fourth-order valence-electron chi connectivity index (χ4n) is 5.10. The molecule has 5 rings (SSSR count). The van der Waals surface area contributed by atoms with Crippen molar-refractivity contribution in [3.63, 3.8) is 0 Å². The lowest BCUT2D eigenvalue weighted by Gasteiger charge is -2.44. The van der Waals surface area contributed by atoms with Crippen LogP contribution in [0.25, 0.3) is 11.0 Å². The molecule has 28 heavy (non-hydrogen) atoms. The molecule has 3 fully saturated rings. The zero-order valence-corrected chi connectivity index (χ0v) is 17.2. The molecule has 1 aromatic carbocycles. The molecule has 0 bridgehead atoms. The molecule has 0 unspecified atom stereocenters. The highest BCUT2D eigenvalue weighted by Gasteiger charge is 2.42. The monoisotopic (exact) mass is 404 g/mol. The summed E-state index contributed by atoms with van der Waals surface area (Å²) in [6, 6.07) is 6.10. The van der Waals surface area contributed by atoms with Crippen LogP contribution in [0.1, 0.15) is 32.0 Å². The Bertz CT molecular complexity index is 981. The van der Waals surface area contributed by atoms with Gasteiger partial charge in [-0.05, 0) is 43.9 Å². The van der Waals surface area contributed by atoms with E-state index in [1.54, 1.807) is 12.1 Å². The molecule has 2 atom stereocenters. The predicted octanol–water partition coefficient (Wildman–Crippen LogP) is 2.06. The summed E-state index contributed by atoms with van der Waals surface area (Å²) in [7, 11) is -3.50. The van der Waals surface area contributed by atoms with Crippen LogP contribution < -0.4 is 0 Å². The Morgan fingerprint density at radius 2 is 2.04 bits per heavy atom. The van der Waals surface area contributed by atoms with Crippen LogP contribution in [-0.4, -0.2) is 66.1 Å². The Balaban J connectivity index is 1.45. The van der Waals surface area contributed by atoms with Crippen LogP contribution in [0, 0.1) is 5.92 Å². The van der Waals surface area contributed by atoms with Gasteiger partial charge in [-0.3, -0.25) is 4.90 Å². The number of morpholine rings is 1. The SMILES string of the molecule is CCn1c(CN2C[C@H]3CCC[C@@H]32)nc2cc(S(=O)(=O)N3CCOCC3)ccc21. The number of ether oxygens (including phenoxy) is 1. The standard InChI is InChI=1S/C20H28N4O3S/c1-2-24-19-7-6-16(28(25,26)23-8-10-27-11-9-23)12-17(19)21-20(24)14-22-13-15-4-3-5-18(15)22/h6-7,12,15,18H,2-5,8-11,13-14H2,1H3/t15-,18+/m1/s1. The second kappa shape index (κ2) is 7.09. The first-order chi connectivity index (χ1) is 13.6. The van der Waals surface area contributed by atoms with Crippen LogP contribution in [0.2, 0.25) is 0 Å². The van der Waals surface area contributed by atoms with Crippen molar-refractivity contribution < 1.29 is 13.2 Å². The summed E-state index contributed by atoms with van der Waals surface area (Å²) in [6.07, 6.45) is 4.02. The van der Waals surface area contributed by atoms with Crippen molar-refractivity contribution in [1.29, 1.82) is 0 Å². The van der Waals surface area contributed by atoms with Gasteiger partial charge in [-0.2, -0.15) is 4.31 Å². The van der Waals surface area contributed by atoms with E-state index in [0.29, 0.717) is 31.2 Å². The summed E-state index contributed by atoms with van der Waals surface area (Å²) >= 11 is 0. The summed E-state index contributed by atoms with van der Waals surface area (Å²) < 4.78 is 35.0. The molecule has 1 aromatic heterocycles. The molecule has 7 nitrogen and oxygen atoms in total. The van der Waals surface area contributed by atoms with Gasteiger partial charge in [0.1, 0.15) is 5.82 Å². The van der Waals surface area contributed by atoms with Gasteiger partial charge < -0.3 is 9.30 Å². The molecule has 2 aliphatic heterocycles. The summed E-state index contributed by atoms with van der Waals surface area (Å²) in [6.45, 7) is 6.71. The Labute approximate surface area is 166 Å². The number of sulfonamides is 1. The van der Waals surface area contributed by atoms with Gasteiger partial charge >= 0.3 is 0 Å². The molecule has 3 heterocycles. The van der Waals surface area contributed by atoms with Crippen LogP contribution in [-0.2, 0) is 27.8 Å². The summed E-state index contributed by atoms with van der Waals surface area (Å²) in [5.74, 6) is 1.92. The van der Waals surface area contributed by atoms with E-state index in [9.17, 15) is 8.42 Å². The predicted molar refractivity (Wildman–Crippen MR) is 107 cm³/mol. The first-order valence-electron chi connectivity index (χ1n) is 10.4. The van der Waals surface area contributed by atoms with Crippen LogP contribution in [0.4, 0.5) is 0 Å². The van der Waals surface area contributed by atoms with Crippen molar-refractivity contribution in [2.24, 2.45) is 5.92 Å².